The second-order valence-electron chi connectivity index (χ2n) is 5.64. The Hall–Kier alpha value is -2.93. The highest BCUT2D eigenvalue weighted by molar-refractivity contribution is 6.32. The van der Waals surface area contributed by atoms with Crippen molar-refractivity contribution in [3.8, 4) is 23.0 Å². The zero-order valence-electron chi connectivity index (χ0n) is 14.7. The summed E-state index contributed by atoms with van der Waals surface area (Å²) in [5.74, 6) is 1.98. The highest BCUT2D eigenvalue weighted by Gasteiger charge is 2.15. The molecule has 0 saturated heterocycles. The van der Waals surface area contributed by atoms with Gasteiger partial charge in [-0.1, -0.05) is 11.6 Å². The first-order valence-corrected chi connectivity index (χ1v) is 8.71. The molecule has 8 heteroatoms. The van der Waals surface area contributed by atoms with Crippen molar-refractivity contribution in [1.29, 1.82) is 0 Å². The number of methoxy groups -OCH3 is 1. The summed E-state index contributed by atoms with van der Waals surface area (Å²) in [5.41, 5.74) is 3.08. The van der Waals surface area contributed by atoms with Gasteiger partial charge in [0.25, 0.3) is 5.91 Å². The predicted molar refractivity (Wildman–Crippen MR) is 101 cm³/mol. The molecule has 2 aromatic carbocycles. The fraction of sp³-hybridized carbons (Fsp3) is 0.263. The molecular formula is C19H19ClN2O5. The van der Waals surface area contributed by atoms with Gasteiger partial charge in [-0.15, -0.1) is 0 Å². The smallest absolute Gasteiger partial charge is 0.277 e. The average molecular weight is 391 g/mol. The number of carbonyl (C=O) groups excluding carboxylic acids is 1. The van der Waals surface area contributed by atoms with Crippen LogP contribution in [0.5, 0.6) is 23.0 Å². The summed E-state index contributed by atoms with van der Waals surface area (Å²) in [6.45, 7) is 0.958. The van der Waals surface area contributed by atoms with Gasteiger partial charge in [-0.25, -0.2) is 5.43 Å². The van der Waals surface area contributed by atoms with E-state index in [0.717, 1.165) is 6.42 Å². The van der Waals surface area contributed by atoms with Gasteiger partial charge < -0.3 is 18.9 Å². The fourth-order valence-electron chi connectivity index (χ4n) is 2.36. The molecule has 1 amide bonds. The first-order valence-electron chi connectivity index (χ1n) is 8.33. The maximum atomic E-state index is 11.8. The molecular weight excluding hydrogens is 372 g/mol. The summed E-state index contributed by atoms with van der Waals surface area (Å²) in [7, 11) is 1.58. The average Bonchev–Trinajstić information content (AvgIpc) is 2.93. The minimum atomic E-state index is -0.387. The maximum absolute atomic E-state index is 11.8. The number of ether oxygens (including phenoxy) is 4. The van der Waals surface area contributed by atoms with Crippen molar-refractivity contribution in [2.24, 2.45) is 5.10 Å². The summed E-state index contributed by atoms with van der Waals surface area (Å²) in [5, 5.41) is 4.35. The Bertz CT molecular complexity index is 824. The van der Waals surface area contributed by atoms with Crippen LogP contribution in [0.2, 0.25) is 5.02 Å². The maximum Gasteiger partial charge on any atom is 0.277 e. The van der Waals surface area contributed by atoms with E-state index in [0.29, 0.717) is 46.8 Å². The van der Waals surface area contributed by atoms with E-state index in [1.54, 1.807) is 43.5 Å². The lowest BCUT2D eigenvalue weighted by Crippen LogP contribution is -2.24. The van der Waals surface area contributed by atoms with Crippen molar-refractivity contribution in [1.82, 2.24) is 5.43 Å². The highest BCUT2D eigenvalue weighted by Crippen LogP contribution is 2.37. The second kappa shape index (κ2) is 9.14. The predicted octanol–water partition coefficient (Wildman–Crippen LogP) is 3.04. The van der Waals surface area contributed by atoms with Gasteiger partial charge in [0.15, 0.2) is 18.1 Å². The lowest BCUT2D eigenvalue weighted by atomic mass is 10.2. The van der Waals surface area contributed by atoms with Crippen LogP contribution in [0, 0.1) is 0 Å². The van der Waals surface area contributed by atoms with Crippen LogP contribution < -0.4 is 24.4 Å². The lowest BCUT2D eigenvalue weighted by molar-refractivity contribution is -0.123. The number of rotatable bonds is 6. The molecule has 3 rings (SSSR count). The van der Waals surface area contributed by atoms with Crippen molar-refractivity contribution in [3.05, 3.63) is 47.0 Å². The Morgan fingerprint density at radius 1 is 1.22 bits per heavy atom. The molecule has 0 bridgehead atoms. The molecule has 0 saturated carbocycles. The second-order valence-corrected chi connectivity index (χ2v) is 6.05. The van der Waals surface area contributed by atoms with Crippen LogP contribution in [0.3, 0.4) is 0 Å². The molecule has 0 aliphatic carbocycles. The zero-order chi connectivity index (χ0) is 19.1. The molecule has 0 unspecified atom stereocenters. The molecule has 0 spiro atoms. The minimum Gasteiger partial charge on any atom is -0.497 e. The van der Waals surface area contributed by atoms with E-state index in [2.05, 4.69) is 10.5 Å². The number of hydrogen-bond acceptors (Lipinski definition) is 6. The molecule has 1 N–H and O–H groups in total. The summed E-state index contributed by atoms with van der Waals surface area (Å²) < 4.78 is 21.6. The molecule has 0 fully saturated rings. The van der Waals surface area contributed by atoms with Gasteiger partial charge in [0.1, 0.15) is 11.5 Å². The Balaban J connectivity index is 1.53. The molecule has 0 atom stereocenters. The van der Waals surface area contributed by atoms with Crippen molar-refractivity contribution in [3.63, 3.8) is 0 Å². The molecule has 1 heterocycles. The van der Waals surface area contributed by atoms with Crippen molar-refractivity contribution < 1.29 is 23.7 Å². The fourth-order valence-corrected chi connectivity index (χ4v) is 2.63. The molecule has 7 nitrogen and oxygen atoms in total. The van der Waals surface area contributed by atoms with Gasteiger partial charge in [0, 0.05) is 6.42 Å². The van der Waals surface area contributed by atoms with Crippen LogP contribution >= 0.6 is 11.6 Å². The van der Waals surface area contributed by atoms with E-state index < -0.39 is 0 Å². The normalized spacial score (nSPS) is 13.1. The van der Waals surface area contributed by atoms with E-state index in [9.17, 15) is 4.79 Å². The quantitative estimate of drug-likeness (QED) is 0.606. The Labute approximate surface area is 161 Å². The summed E-state index contributed by atoms with van der Waals surface area (Å²) in [6.07, 6.45) is 2.27. The third kappa shape index (κ3) is 5.27. The standard InChI is InChI=1S/C19H19ClN2O5/c1-24-14-3-5-15(6-4-14)27-12-18(23)22-21-11-13-9-16(20)19-17(10-13)25-7-2-8-26-19/h3-6,9-11H,2,7-8,12H2,1H3,(H,22,23)/b21-11-. The number of nitrogens with zero attached hydrogens (tertiary/aromatic N) is 1. The molecule has 2 aromatic rings. The van der Waals surface area contributed by atoms with Crippen molar-refractivity contribution in [2.45, 2.75) is 6.42 Å². The molecule has 142 valence electrons. The van der Waals surface area contributed by atoms with Crippen LogP contribution in [-0.4, -0.2) is 39.1 Å². The SMILES string of the molecule is COc1ccc(OCC(=O)N/N=C\c2cc(Cl)c3c(c2)OCCCO3)cc1. The van der Waals surface area contributed by atoms with Crippen LogP contribution in [0.15, 0.2) is 41.5 Å². The number of hydrogen-bond donors (Lipinski definition) is 1. The van der Waals surface area contributed by atoms with E-state index in [1.165, 1.54) is 6.21 Å². The molecule has 1 aliphatic rings. The van der Waals surface area contributed by atoms with Gasteiger partial charge in [0.05, 0.1) is 31.6 Å². The minimum absolute atomic E-state index is 0.161. The van der Waals surface area contributed by atoms with E-state index in [-0.39, 0.29) is 12.5 Å². The summed E-state index contributed by atoms with van der Waals surface area (Å²) >= 11 is 6.22. The Morgan fingerprint density at radius 3 is 2.74 bits per heavy atom. The molecule has 27 heavy (non-hydrogen) atoms. The van der Waals surface area contributed by atoms with E-state index in [4.69, 9.17) is 30.5 Å². The van der Waals surface area contributed by atoms with Gasteiger partial charge in [0.2, 0.25) is 0 Å². The number of halogens is 1. The summed E-state index contributed by atoms with van der Waals surface area (Å²) in [4.78, 5) is 11.8. The van der Waals surface area contributed by atoms with Crippen molar-refractivity contribution >= 4 is 23.7 Å². The van der Waals surface area contributed by atoms with Crippen LogP contribution in [0.4, 0.5) is 0 Å². The Morgan fingerprint density at radius 2 is 1.96 bits per heavy atom. The molecule has 0 aromatic heterocycles. The monoisotopic (exact) mass is 390 g/mol. The van der Waals surface area contributed by atoms with Crippen LogP contribution in [-0.2, 0) is 4.79 Å². The third-order valence-electron chi connectivity index (χ3n) is 3.66. The molecule has 1 aliphatic heterocycles. The van der Waals surface area contributed by atoms with Gasteiger partial charge in [-0.05, 0) is 42.0 Å². The number of hydrazone groups is 1. The third-order valence-corrected chi connectivity index (χ3v) is 3.94. The number of carbonyl (C=O) groups is 1. The van der Waals surface area contributed by atoms with Gasteiger partial charge >= 0.3 is 0 Å². The first kappa shape index (κ1) is 18.8. The summed E-state index contributed by atoms with van der Waals surface area (Å²) in [6, 6.07) is 10.4. The van der Waals surface area contributed by atoms with Crippen LogP contribution in [0.1, 0.15) is 12.0 Å². The van der Waals surface area contributed by atoms with Crippen LogP contribution in [0.25, 0.3) is 0 Å². The first-order chi connectivity index (χ1) is 13.2. The van der Waals surface area contributed by atoms with Gasteiger partial charge in [-0.3, -0.25) is 4.79 Å². The van der Waals surface area contributed by atoms with E-state index >= 15 is 0 Å². The number of benzene rings is 2. The number of fused-ring (bicyclic) bond motifs is 1. The molecule has 0 radical (unpaired) electrons. The Kier molecular flexibility index (Phi) is 6.38. The topological polar surface area (TPSA) is 78.4 Å². The zero-order valence-corrected chi connectivity index (χ0v) is 15.5. The van der Waals surface area contributed by atoms with E-state index in [1.807, 2.05) is 0 Å². The largest absolute Gasteiger partial charge is 0.497 e. The lowest BCUT2D eigenvalue weighted by Gasteiger charge is -2.09. The van der Waals surface area contributed by atoms with Crippen molar-refractivity contribution in [2.75, 3.05) is 26.9 Å². The van der Waals surface area contributed by atoms with Gasteiger partial charge in [-0.2, -0.15) is 5.10 Å². The number of nitrogens with one attached hydrogen (secondary N) is 1. The highest BCUT2D eigenvalue weighted by atomic mass is 35.5. The number of amides is 1.